The second-order valence-electron chi connectivity index (χ2n) is 5.75. The van der Waals surface area contributed by atoms with Crippen molar-refractivity contribution in [2.75, 3.05) is 13.7 Å². The van der Waals surface area contributed by atoms with Gasteiger partial charge in [-0.25, -0.2) is 0 Å². The molecule has 1 aromatic carbocycles. The van der Waals surface area contributed by atoms with Crippen LogP contribution in [0.3, 0.4) is 0 Å². The summed E-state index contributed by atoms with van der Waals surface area (Å²) in [6, 6.07) is 8.19. The molecule has 1 saturated carbocycles. The molecular weight excluding hydrogens is 252 g/mol. The van der Waals surface area contributed by atoms with Gasteiger partial charge in [0.05, 0.1) is 19.2 Å². The molecule has 1 heterocycles. The average molecular weight is 274 g/mol. The van der Waals surface area contributed by atoms with E-state index in [0.29, 0.717) is 5.92 Å². The Kier molecular flexibility index (Phi) is 3.92. The number of carbonyl (C=O) groups excluding carboxylic acids is 1. The quantitative estimate of drug-likeness (QED) is 0.863. The number of ether oxygens (including phenoxy) is 1. The van der Waals surface area contributed by atoms with Crippen LogP contribution in [-0.4, -0.2) is 25.6 Å². The van der Waals surface area contributed by atoms with Crippen molar-refractivity contribution in [2.45, 2.75) is 37.8 Å². The minimum Gasteiger partial charge on any atom is -0.497 e. The van der Waals surface area contributed by atoms with Gasteiger partial charge in [0.2, 0.25) is 5.91 Å². The van der Waals surface area contributed by atoms with Crippen molar-refractivity contribution < 1.29 is 9.53 Å². The fraction of sp³-hybridized carbons (Fsp3) is 0.562. The van der Waals surface area contributed by atoms with Crippen molar-refractivity contribution in [3.05, 3.63) is 29.8 Å². The minimum absolute atomic E-state index is 0.00509. The van der Waals surface area contributed by atoms with Crippen LogP contribution < -0.4 is 15.4 Å². The van der Waals surface area contributed by atoms with Gasteiger partial charge in [-0.15, -0.1) is 0 Å². The summed E-state index contributed by atoms with van der Waals surface area (Å²) >= 11 is 0. The van der Waals surface area contributed by atoms with E-state index in [1.807, 2.05) is 12.1 Å². The first-order valence-electron chi connectivity index (χ1n) is 7.45. The van der Waals surface area contributed by atoms with E-state index < -0.39 is 0 Å². The lowest BCUT2D eigenvalue weighted by molar-refractivity contribution is -0.123. The molecule has 0 bridgehead atoms. The monoisotopic (exact) mass is 274 g/mol. The highest BCUT2D eigenvalue weighted by Crippen LogP contribution is 2.41. The van der Waals surface area contributed by atoms with Crippen LogP contribution in [0.15, 0.2) is 24.3 Å². The zero-order valence-corrected chi connectivity index (χ0v) is 11.9. The molecule has 4 heteroatoms. The van der Waals surface area contributed by atoms with Crippen molar-refractivity contribution in [3.8, 4) is 5.75 Å². The van der Waals surface area contributed by atoms with Gasteiger partial charge in [-0.05, 0) is 55.8 Å². The van der Waals surface area contributed by atoms with Crippen molar-refractivity contribution in [3.63, 3.8) is 0 Å². The summed E-state index contributed by atoms with van der Waals surface area (Å²) in [4.78, 5) is 12.3. The molecule has 2 fully saturated rings. The lowest BCUT2D eigenvalue weighted by atomic mass is 10.0. The standard InChI is InChI=1S/C16H22N2O2/c1-20-13-8-6-12(7-9-13)15(11-4-5-11)18-16(19)14-3-2-10-17-14/h6-9,11,14-15,17H,2-5,10H2,1H3,(H,18,19)/t14-,15?/m1/s1. The first kappa shape index (κ1) is 13.4. The Labute approximate surface area is 119 Å². The van der Waals surface area contributed by atoms with Crippen LogP contribution in [0, 0.1) is 5.92 Å². The smallest absolute Gasteiger partial charge is 0.237 e. The molecule has 2 aliphatic rings. The van der Waals surface area contributed by atoms with Gasteiger partial charge in [-0.1, -0.05) is 12.1 Å². The van der Waals surface area contributed by atoms with Crippen LogP contribution in [0.2, 0.25) is 0 Å². The summed E-state index contributed by atoms with van der Waals surface area (Å²) in [5, 5.41) is 6.49. The Morgan fingerprint density at radius 3 is 2.60 bits per heavy atom. The zero-order chi connectivity index (χ0) is 13.9. The number of benzene rings is 1. The van der Waals surface area contributed by atoms with Crippen molar-refractivity contribution in [1.29, 1.82) is 0 Å². The maximum Gasteiger partial charge on any atom is 0.237 e. The molecule has 0 radical (unpaired) electrons. The van der Waals surface area contributed by atoms with E-state index in [1.165, 1.54) is 18.4 Å². The van der Waals surface area contributed by atoms with E-state index in [1.54, 1.807) is 7.11 Å². The first-order chi connectivity index (χ1) is 9.78. The van der Waals surface area contributed by atoms with E-state index in [-0.39, 0.29) is 18.0 Å². The molecule has 1 amide bonds. The number of nitrogens with one attached hydrogen (secondary N) is 2. The van der Waals surface area contributed by atoms with Gasteiger partial charge in [0.15, 0.2) is 0 Å². The van der Waals surface area contributed by atoms with Gasteiger partial charge < -0.3 is 15.4 Å². The van der Waals surface area contributed by atoms with Gasteiger partial charge in [0.25, 0.3) is 0 Å². The third-order valence-corrected chi connectivity index (χ3v) is 4.24. The number of hydrogen-bond acceptors (Lipinski definition) is 3. The Bertz CT molecular complexity index is 462. The fourth-order valence-electron chi connectivity index (χ4n) is 2.88. The number of hydrogen-bond donors (Lipinski definition) is 2. The van der Waals surface area contributed by atoms with E-state index in [4.69, 9.17) is 4.74 Å². The fourth-order valence-corrected chi connectivity index (χ4v) is 2.88. The van der Waals surface area contributed by atoms with Crippen LogP contribution >= 0.6 is 0 Å². The molecule has 0 aromatic heterocycles. The van der Waals surface area contributed by atoms with Crippen molar-refractivity contribution in [2.24, 2.45) is 5.92 Å². The molecule has 1 aromatic rings. The molecule has 1 aliphatic heterocycles. The molecule has 3 rings (SSSR count). The lowest BCUT2D eigenvalue weighted by Gasteiger charge is -2.21. The van der Waals surface area contributed by atoms with E-state index in [2.05, 4.69) is 22.8 Å². The summed E-state index contributed by atoms with van der Waals surface area (Å²) in [7, 11) is 1.67. The highest BCUT2D eigenvalue weighted by atomic mass is 16.5. The van der Waals surface area contributed by atoms with Crippen LogP contribution in [-0.2, 0) is 4.79 Å². The summed E-state index contributed by atoms with van der Waals surface area (Å²) < 4.78 is 5.19. The SMILES string of the molecule is COc1ccc(C(NC(=O)[C@H]2CCCN2)C2CC2)cc1. The van der Waals surface area contributed by atoms with Crippen LogP contribution in [0.5, 0.6) is 5.75 Å². The maximum atomic E-state index is 12.3. The van der Waals surface area contributed by atoms with Crippen LogP contribution in [0.25, 0.3) is 0 Å². The molecule has 1 aliphatic carbocycles. The zero-order valence-electron chi connectivity index (χ0n) is 11.9. The topological polar surface area (TPSA) is 50.4 Å². The Morgan fingerprint density at radius 2 is 2.05 bits per heavy atom. The van der Waals surface area contributed by atoms with Gasteiger partial charge in [0, 0.05) is 0 Å². The summed E-state index contributed by atoms with van der Waals surface area (Å²) in [5.41, 5.74) is 1.18. The second-order valence-corrected chi connectivity index (χ2v) is 5.75. The molecular formula is C16H22N2O2. The molecule has 1 unspecified atom stereocenters. The molecule has 4 nitrogen and oxygen atoms in total. The Morgan fingerprint density at radius 1 is 1.30 bits per heavy atom. The van der Waals surface area contributed by atoms with Crippen LogP contribution in [0.1, 0.15) is 37.3 Å². The average Bonchev–Trinajstić information content (AvgIpc) is 3.17. The summed E-state index contributed by atoms with van der Waals surface area (Å²) in [6.45, 7) is 0.953. The van der Waals surface area contributed by atoms with Crippen molar-refractivity contribution in [1.82, 2.24) is 10.6 Å². The maximum absolute atomic E-state index is 12.3. The number of carbonyl (C=O) groups is 1. The minimum atomic E-state index is -0.00509. The number of amides is 1. The molecule has 2 N–H and O–H groups in total. The Balaban J connectivity index is 1.69. The van der Waals surface area contributed by atoms with Gasteiger partial charge in [0.1, 0.15) is 5.75 Å². The first-order valence-corrected chi connectivity index (χ1v) is 7.45. The van der Waals surface area contributed by atoms with Crippen molar-refractivity contribution >= 4 is 5.91 Å². The molecule has 20 heavy (non-hydrogen) atoms. The van der Waals surface area contributed by atoms with E-state index in [0.717, 1.165) is 25.1 Å². The molecule has 108 valence electrons. The third-order valence-electron chi connectivity index (χ3n) is 4.24. The number of rotatable bonds is 5. The number of methoxy groups -OCH3 is 1. The predicted octanol–water partition coefficient (Wildman–Crippen LogP) is 2.01. The lowest BCUT2D eigenvalue weighted by Crippen LogP contribution is -2.42. The van der Waals surface area contributed by atoms with Gasteiger partial charge in [-0.2, -0.15) is 0 Å². The molecule has 2 atom stereocenters. The van der Waals surface area contributed by atoms with Gasteiger partial charge >= 0.3 is 0 Å². The molecule has 1 saturated heterocycles. The highest BCUT2D eigenvalue weighted by molar-refractivity contribution is 5.82. The van der Waals surface area contributed by atoms with Crippen LogP contribution in [0.4, 0.5) is 0 Å². The largest absolute Gasteiger partial charge is 0.497 e. The summed E-state index contributed by atoms with van der Waals surface area (Å²) in [6.07, 6.45) is 4.45. The van der Waals surface area contributed by atoms with Gasteiger partial charge in [-0.3, -0.25) is 4.79 Å². The third kappa shape index (κ3) is 2.96. The predicted molar refractivity (Wildman–Crippen MR) is 77.6 cm³/mol. The Hall–Kier alpha value is -1.55. The van der Waals surface area contributed by atoms with E-state index >= 15 is 0 Å². The summed E-state index contributed by atoms with van der Waals surface area (Å²) in [5.74, 6) is 1.59. The normalized spacial score (nSPS) is 23.4. The van der Waals surface area contributed by atoms with E-state index in [9.17, 15) is 4.79 Å². The second kappa shape index (κ2) is 5.83. The molecule has 0 spiro atoms. The highest BCUT2D eigenvalue weighted by Gasteiger charge is 2.35.